The Morgan fingerprint density at radius 3 is 2.96 bits per heavy atom. The number of nitrogens with two attached hydrogens (primary N) is 1. The molecule has 2 aromatic rings. The number of aliphatic imine (C=N–C) groups is 1. The van der Waals surface area contributed by atoms with Crippen LogP contribution in [-0.4, -0.2) is 37.3 Å². The molecule has 3 N–H and O–H groups in total. The Bertz CT molecular complexity index is 754. The fourth-order valence-corrected chi connectivity index (χ4v) is 2.39. The number of guanidine groups is 1. The molecular formula is C17H19ClN4O3. The maximum Gasteiger partial charge on any atom is 0.232 e. The van der Waals surface area contributed by atoms with Gasteiger partial charge in [-0.25, -0.2) is 9.98 Å². The van der Waals surface area contributed by atoms with Gasteiger partial charge >= 0.3 is 0 Å². The summed E-state index contributed by atoms with van der Waals surface area (Å²) in [5, 5.41) is 3.48. The summed E-state index contributed by atoms with van der Waals surface area (Å²) in [6.07, 6.45) is 2.48. The SMILES string of the molecule is NC(=NCCOc1ncccc1Cl)Nc1ccc2c(c1)OCCCO2. The molecule has 0 fully saturated rings. The first-order chi connectivity index (χ1) is 12.2. The van der Waals surface area contributed by atoms with Crippen LogP contribution in [0.2, 0.25) is 5.02 Å². The first-order valence-electron chi connectivity index (χ1n) is 7.92. The third-order valence-electron chi connectivity index (χ3n) is 3.36. The van der Waals surface area contributed by atoms with Gasteiger partial charge in [0, 0.05) is 24.4 Å². The average Bonchev–Trinajstić information content (AvgIpc) is 2.85. The molecule has 1 aromatic heterocycles. The van der Waals surface area contributed by atoms with Crippen LogP contribution in [0.3, 0.4) is 0 Å². The number of pyridine rings is 1. The highest BCUT2D eigenvalue weighted by Crippen LogP contribution is 2.32. The van der Waals surface area contributed by atoms with Gasteiger partial charge < -0.3 is 25.3 Å². The zero-order valence-electron chi connectivity index (χ0n) is 13.6. The van der Waals surface area contributed by atoms with Crippen LogP contribution in [0.4, 0.5) is 5.69 Å². The van der Waals surface area contributed by atoms with Crippen molar-refractivity contribution in [1.82, 2.24) is 4.98 Å². The van der Waals surface area contributed by atoms with E-state index in [4.69, 9.17) is 31.5 Å². The number of nitrogens with one attached hydrogen (secondary N) is 1. The van der Waals surface area contributed by atoms with Gasteiger partial charge in [-0.3, -0.25) is 0 Å². The van der Waals surface area contributed by atoms with E-state index in [9.17, 15) is 0 Å². The summed E-state index contributed by atoms with van der Waals surface area (Å²) in [6.45, 7) is 1.98. The third kappa shape index (κ3) is 4.90. The van der Waals surface area contributed by atoms with E-state index in [1.807, 2.05) is 18.2 Å². The zero-order chi connectivity index (χ0) is 17.5. The Hall–Kier alpha value is -2.67. The third-order valence-corrected chi connectivity index (χ3v) is 3.64. The fourth-order valence-electron chi connectivity index (χ4n) is 2.21. The van der Waals surface area contributed by atoms with Crippen LogP contribution < -0.4 is 25.3 Å². The summed E-state index contributed by atoms with van der Waals surface area (Å²) in [7, 11) is 0. The van der Waals surface area contributed by atoms with Crippen molar-refractivity contribution >= 4 is 23.2 Å². The van der Waals surface area contributed by atoms with Gasteiger partial charge in [-0.2, -0.15) is 0 Å². The number of benzene rings is 1. The number of hydrogen-bond donors (Lipinski definition) is 2. The molecule has 0 bridgehead atoms. The fraction of sp³-hybridized carbons (Fsp3) is 0.294. The summed E-state index contributed by atoms with van der Waals surface area (Å²) in [6, 6.07) is 9.01. The number of aromatic nitrogens is 1. The molecule has 8 heteroatoms. The second kappa shape index (κ2) is 8.43. The molecule has 1 aliphatic heterocycles. The molecule has 2 heterocycles. The van der Waals surface area contributed by atoms with Crippen LogP contribution in [0.5, 0.6) is 17.4 Å². The van der Waals surface area contributed by atoms with E-state index < -0.39 is 0 Å². The predicted molar refractivity (Wildman–Crippen MR) is 96.9 cm³/mol. The van der Waals surface area contributed by atoms with Crippen LogP contribution in [0.15, 0.2) is 41.5 Å². The second-order valence-corrected chi connectivity index (χ2v) is 5.65. The number of ether oxygens (including phenoxy) is 3. The van der Waals surface area contributed by atoms with Crippen molar-refractivity contribution in [3.05, 3.63) is 41.6 Å². The number of anilines is 1. The number of nitrogens with zero attached hydrogens (tertiary/aromatic N) is 2. The van der Waals surface area contributed by atoms with Gasteiger partial charge in [-0.05, 0) is 24.3 Å². The van der Waals surface area contributed by atoms with Crippen molar-refractivity contribution in [1.29, 1.82) is 0 Å². The van der Waals surface area contributed by atoms with Gasteiger partial charge in [0.2, 0.25) is 5.88 Å². The topological polar surface area (TPSA) is 91.0 Å². The standard InChI is InChI=1S/C17H19ClN4O3/c18-13-3-1-6-20-16(13)25-10-7-21-17(19)22-12-4-5-14-15(11-12)24-9-2-8-23-14/h1,3-6,11H,2,7-10H2,(H3,19,21,22). The lowest BCUT2D eigenvalue weighted by Gasteiger charge is -2.11. The van der Waals surface area contributed by atoms with Gasteiger partial charge in [0.1, 0.15) is 11.6 Å². The maximum absolute atomic E-state index is 5.96. The molecule has 0 atom stereocenters. The number of rotatable bonds is 5. The molecule has 0 saturated heterocycles. The minimum Gasteiger partial charge on any atom is -0.490 e. The molecular weight excluding hydrogens is 344 g/mol. The van der Waals surface area contributed by atoms with E-state index in [0.717, 1.165) is 17.9 Å². The van der Waals surface area contributed by atoms with Gasteiger partial charge in [0.25, 0.3) is 0 Å². The van der Waals surface area contributed by atoms with Gasteiger partial charge in [0.15, 0.2) is 17.5 Å². The minimum atomic E-state index is 0.283. The van der Waals surface area contributed by atoms with Gasteiger partial charge in [-0.1, -0.05) is 11.6 Å². The Balaban J connectivity index is 1.51. The molecule has 0 radical (unpaired) electrons. The van der Waals surface area contributed by atoms with E-state index in [0.29, 0.717) is 43.0 Å². The lowest BCUT2D eigenvalue weighted by atomic mass is 10.3. The number of hydrogen-bond acceptors (Lipinski definition) is 5. The highest BCUT2D eigenvalue weighted by molar-refractivity contribution is 6.31. The van der Waals surface area contributed by atoms with E-state index in [-0.39, 0.29) is 5.96 Å². The van der Waals surface area contributed by atoms with Crippen molar-refractivity contribution < 1.29 is 14.2 Å². The highest BCUT2D eigenvalue weighted by Gasteiger charge is 2.10. The monoisotopic (exact) mass is 362 g/mol. The minimum absolute atomic E-state index is 0.283. The number of fused-ring (bicyclic) bond motifs is 1. The first-order valence-corrected chi connectivity index (χ1v) is 8.30. The summed E-state index contributed by atoms with van der Waals surface area (Å²) >= 11 is 5.96. The van der Waals surface area contributed by atoms with Crippen LogP contribution in [-0.2, 0) is 0 Å². The molecule has 25 heavy (non-hydrogen) atoms. The largest absolute Gasteiger partial charge is 0.490 e. The predicted octanol–water partition coefficient (Wildman–Crippen LogP) is 2.70. The normalized spacial score (nSPS) is 13.9. The van der Waals surface area contributed by atoms with Gasteiger partial charge in [-0.15, -0.1) is 0 Å². The van der Waals surface area contributed by atoms with E-state index in [1.165, 1.54) is 0 Å². The highest BCUT2D eigenvalue weighted by atomic mass is 35.5. The Morgan fingerprint density at radius 1 is 1.28 bits per heavy atom. The molecule has 3 rings (SSSR count). The second-order valence-electron chi connectivity index (χ2n) is 5.24. The summed E-state index contributed by atoms with van der Waals surface area (Å²) in [5.74, 6) is 2.10. The van der Waals surface area contributed by atoms with Crippen molar-refractivity contribution in [2.45, 2.75) is 6.42 Å². The van der Waals surface area contributed by atoms with E-state index >= 15 is 0 Å². The summed E-state index contributed by atoms with van der Waals surface area (Å²) in [4.78, 5) is 8.25. The zero-order valence-corrected chi connectivity index (χ0v) is 14.3. The van der Waals surface area contributed by atoms with Crippen molar-refractivity contribution in [2.24, 2.45) is 10.7 Å². The smallest absolute Gasteiger partial charge is 0.232 e. The molecule has 0 spiro atoms. The molecule has 0 amide bonds. The van der Waals surface area contributed by atoms with Crippen LogP contribution in [0, 0.1) is 0 Å². The quantitative estimate of drug-likeness (QED) is 0.483. The summed E-state index contributed by atoms with van der Waals surface area (Å²) < 4.78 is 16.7. The lowest BCUT2D eigenvalue weighted by molar-refractivity contribution is 0.297. The molecule has 0 aliphatic carbocycles. The Morgan fingerprint density at radius 2 is 2.12 bits per heavy atom. The maximum atomic E-state index is 5.96. The molecule has 7 nitrogen and oxygen atoms in total. The molecule has 1 aliphatic rings. The molecule has 132 valence electrons. The number of halogens is 1. The van der Waals surface area contributed by atoms with E-state index in [1.54, 1.807) is 18.3 Å². The van der Waals surface area contributed by atoms with Crippen LogP contribution in [0.25, 0.3) is 0 Å². The molecule has 0 saturated carbocycles. The summed E-state index contributed by atoms with van der Waals surface area (Å²) in [5.41, 5.74) is 6.67. The van der Waals surface area contributed by atoms with Crippen LogP contribution >= 0.6 is 11.6 Å². The van der Waals surface area contributed by atoms with Crippen molar-refractivity contribution in [2.75, 3.05) is 31.7 Å². The first kappa shape index (κ1) is 17.2. The van der Waals surface area contributed by atoms with Gasteiger partial charge in [0.05, 0.1) is 19.8 Å². The average molecular weight is 363 g/mol. The Labute approximate surface area is 150 Å². The van der Waals surface area contributed by atoms with Crippen molar-refractivity contribution in [3.8, 4) is 17.4 Å². The molecule has 1 aromatic carbocycles. The van der Waals surface area contributed by atoms with Crippen LogP contribution in [0.1, 0.15) is 6.42 Å². The molecule has 0 unspecified atom stereocenters. The Kier molecular flexibility index (Phi) is 5.79. The van der Waals surface area contributed by atoms with Crippen molar-refractivity contribution in [3.63, 3.8) is 0 Å². The van der Waals surface area contributed by atoms with E-state index in [2.05, 4.69) is 15.3 Å². The lowest BCUT2D eigenvalue weighted by Crippen LogP contribution is -2.23.